The molecule has 4 aliphatic carbocycles. The lowest BCUT2D eigenvalue weighted by molar-refractivity contribution is -0.117. The summed E-state index contributed by atoms with van der Waals surface area (Å²) in [4.78, 5) is 11.9. The summed E-state index contributed by atoms with van der Waals surface area (Å²) >= 11 is 0. The molecule has 7 atom stereocenters. The molecule has 2 nitrogen and oxygen atoms in total. The smallest absolute Gasteiger partial charge is 0.155 e. The van der Waals surface area contributed by atoms with Crippen molar-refractivity contribution in [1.29, 1.82) is 0 Å². The Morgan fingerprint density at radius 3 is 2.67 bits per heavy atom. The van der Waals surface area contributed by atoms with E-state index in [1.54, 1.807) is 0 Å². The number of carbonyl (C=O) groups is 1. The Morgan fingerprint density at radius 2 is 1.92 bits per heavy atom. The molecule has 0 bridgehead atoms. The number of ketones is 1. The zero-order chi connectivity index (χ0) is 17.1. The lowest BCUT2D eigenvalue weighted by Gasteiger charge is -2.58. The molecule has 1 N–H and O–H groups in total. The average Bonchev–Trinajstić information content (AvgIpc) is 2.92. The van der Waals surface area contributed by atoms with E-state index in [-0.39, 0.29) is 0 Å². The Kier molecular flexibility index (Phi) is 3.99. The highest BCUT2D eigenvalue weighted by Gasteiger charge is 2.59. The van der Waals surface area contributed by atoms with Crippen molar-refractivity contribution >= 4 is 5.78 Å². The van der Waals surface area contributed by atoms with Gasteiger partial charge in [-0.1, -0.05) is 26.3 Å². The van der Waals surface area contributed by atoms with Crippen LogP contribution in [0.4, 0.5) is 0 Å². The van der Waals surface area contributed by atoms with Gasteiger partial charge >= 0.3 is 0 Å². The van der Waals surface area contributed by atoms with E-state index in [4.69, 9.17) is 0 Å². The first kappa shape index (κ1) is 16.8. The number of rotatable bonds is 2. The van der Waals surface area contributed by atoms with Crippen molar-refractivity contribution < 1.29 is 9.90 Å². The molecule has 0 spiro atoms. The molecule has 3 unspecified atom stereocenters. The van der Waals surface area contributed by atoms with E-state index in [1.807, 2.05) is 6.08 Å². The SMILES string of the molecule is C[C@H](CO)[C@H]1CCC2C3CCC4=CC(=O)CC[C@]4(C)C3CC[C@@]21C. The Labute approximate surface area is 147 Å². The molecular weight excluding hydrogens is 296 g/mol. The Bertz CT molecular complexity index is 564. The first-order chi connectivity index (χ1) is 11.4. The van der Waals surface area contributed by atoms with Crippen molar-refractivity contribution in [2.45, 2.75) is 72.1 Å². The van der Waals surface area contributed by atoms with Crippen LogP contribution in [0.1, 0.15) is 72.1 Å². The van der Waals surface area contributed by atoms with Crippen molar-refractivity contribution in [2.24, 2.45) is 40.4 Å². The topological polar surface area (TPSA) is 37.3 Å². The largest absolute Gasteiger partial charge is 0.396 e. The van der Waals surface area contributed by atoms with Gasteiger partial charge in [-0.3, -0.25) is 4.79 Å². The molecule has 2 heteroatoms. The quantitative estimate of drug-likeness (QED) is 0.792. The van der Waals surface area contributed by atoms with E-state index in [0.717, 1.165) is 37.0 Å². The van der Waals surface area contributed by atoms with Crippen LogP contribution in [0.2, 0.25) is 0 Å². The van der Waals surface area contributed by atoms with Gasteiger partial charge in [0.15, 0.2) is 5.78 Å². The van der Waals surface area contributed by atoms with Gasteiger partial charge in [0.2, 0.25) is 0 Å². The predicted octanol–water partition coefficient (Wildman–Crippen LogP) is 4.76. The molecule has 24 heavy (non-hydrogen) atoms. The molecule has 0 aromatic heterocycles. The van der Waals surface area contributed by atoms with Crippen LogP contribution >= 0.6 is 0 Å². The molecule has 3 saturated carbocycles. The average molecular weight is 331 g/mol. The van der Waals surface area contributed by atoms with Gasteiger partial charge in [-0.2, -0.15) is 0 Å². The predicted molar refractivity (Wildman–Crippen MR) is 96.4 cm³/mol. The summed E-state index contributed by atoms with van der Waals surface area (Å²) in [6, 6.07) is 0. The van der Waals surface area contributed by atoms with Crippen LogP contribution < -0.4 is 0 Å². The summed E-state index contributed by atoms with van der Waals surface area (Å²) in [7, 11) is 0. The number of hydrogen-bond donors (Lipinski definition) is 1. The van der Waals surface area contributed by atoms with Crippen LogP contribution in [0, 0.1) is 40.4 Å². The van der Waals surface area contributed by atoms with Crippen molar-refractivity contribution in [3.8, 4) is 0 Å². The van der Waals surface area contributed by atoms with Crippen LogP contribution in [0.5, 0.6) is 0 Å². The minimum absolute atomic E-state index is 0.291. The van der Waals surface area contributed by atoms with E-state index in [2.05, 4.69) is 20.8 Å². The van der Waals surface area contributed by atoms with Crippen LogP contribution in [0.25, 0.3) is 0 Å². The summed E-state index contributed by atoms with van der Waals surface area (Å²) < 4.78 is 0. The number of carbonyl (C=O) groups excluding carboxylic acids is 1. The molecule has 0 amide bonds. The van der Waals surface area contributed by atoms with Crippen LogP contribution in [0.15, 0.2) is 11.6 Å². The van der Waals surface area contributed by atoms with Gasteiger partial charge in [0, 0.05) is 13.0 Å². The van der Waals surface area contributed by atoms with Gasteiger partial charge in [0.1, 0.15) is 0 Å². The molecule has 0 heterocycles. The summed E-state index contributed by atoms with van der Waals surface area (Å²) in [5.74, 6) is 3.97. The van der Waals surface area contributed by atoms with E-state index in [1.165, 1.54) is 37.7 Å². The monoisotopic (exact) mass is 330 g/mol. The molecule has 4 rings (SSSR count). The van der Waals surface area contributed by atoms with Crippen molar-refractivity contribution in [2.75, 3.05) is 6.61 Å². The third-order valence-corrected chi connectivity index (χ3v) is 9.01. The molecular formula is C22H34O2. The molecule has 4 aliphatic rings. The second kappa shape index (κ2) is 5.69. The summed E-state index contributed by atoms with van der Waals surface area (Å²) in [5.41, 5.74) is 2.20. The molecule has 0 aromatic rings. The van der Waals surface area contributed by atoms with Gasteiger partial charge in [0.05, 0.1) is 0 Å². The molecule has 134 valence electrons. The second-order valence-corrected chi connectivity index (χ2v) is 9.86. The number of hydrogen-bond acceptors (Lipinski definition) is 2. The van der Waals surface area contributed by atoms with Crippen LogP contribution in [-0.2, 0) is 4.79 Å². The summed E-state index contributed by atoms with van der Waals surface area (Å²) in [6.07, 6.45) is 11.6. The zero-order valence-electron chi connectivity index (χ0n) is 15.7. The standard InChI is InChI=1S/C22H34O2/c1-14(13-23)18-6-7-19-17-5-4-15-12-16(24)8-10-21(15,2)20(17)9-11-22(18,19)3/h12,14,17-20,23H,4-11,13H2,1-3H3/t14-,17?,18-,19?,20?,21+,22-/m1/s1. The zero-order valence-corrected chi connectivity index (χ0v) is 15.7. The second-order valence-electron chi connectivity index (χ2n) is 9.86. The molecule has 0 aliphatic heterocycles. The van der Waals surface area contributed by atoms with Gasteiger partial charge in [-0.25, -0.2) is 0 Å². The van der Waals surface area contributed by atoms with E-state index >= 15 is 0 Å². The molecule has 0 radical (unpaired) electrons. The van der Waals surface area contributed by atoms with Gasteiger partial charge in [-0.15, -0.1) is 0 Å². The minimum atomic E-state index is 0.291. The highest BCUT2D eigenvalue weighted by molar-refractivity contribution is 5.91. The van der Waals surface area contributed by atoms with Gasteiger partial charge < -0.3 is 5.11 Å². The fraction of sp³-hybridized carbons (Fsp3) is 0.864. The maximum Gasteiger partial charge on any atom is 0.155 e. The molecule has 0 saturated heterocycles. The molecule has 3 fully saturated rings. The Morgan fingerprint density at radius 1 is 1.12 bits per heavy atom. The number of allylic oxidation sites excluding steroid dienone is 1. The highest BCUT2D eigenvalue weighted by atomic mass is 16.3. The van der Waals surface area contributed by atoms with E-state index < -0.39 is 0 Å². The minimum Gasteiger partial charge on any atom is -0.396 e. The fourth-order valence-corrected chi connectivity index (χ4v) is 7.66. The van der Waals surface area contributed by atoms with Crippen molar-refractivity contribution in [1.82, 2.24) is 0 Å². The van der Waals surface area contributed by atoms with Gasteiger partial charge in [0.25, 0.3) is 0 Å². The van der Waals surface area contributed by atoms with Gasteiger partial charge in [-0.05, 0) is 91.4 Å². The molecule has 0 aromatic carbocycles. The van der Waals surface area contributed by atoms with Crippen LogP contribution in [0.3, 0.4) is 0 Å². The maximum absolute atomic E-state index is 11.9. The third kappa shape index (κ3) is 2.21. The van der Waals surface area contributed by atoms with E-state index in [9.17, 15) is 9.90 Å². The number of fused-ring (bicyclic) bond motifs is 5. The van der Waals surface area contributed by atoms with E-state index in [0.29, 0.717) is 35.1 Å². The third-order valence-electron chi connectivity index (χ3n) is 9.01. The normalized spacial score (nSPS) is 49.0. The fourth-order valence-electron chi connectivity index (χ4n) is 7.66. The Balaban J connectivity index is 1.63. The lowest BCUT2D eigenvalue weighted by atomic mass is 9.46. The lowest BCUT2D eigenvalue weighted by Crippen LogP contribution is -2.51. The summed E-state index contributed by atoms with van der Waals surface area (Å²) in [5, 5.41) is 9.71. The number of aliphatic hydroxyl groups excluding tert-OH is 1. The number of aliphatic hydroxyl groups is 1. The highest BCUT2D eigenvalue weighted by Crippen LogP contribution is 2.67. The summed E-state index contributed by atoms with van der Waals surface area (Å²) in [6.45, 7) is 7.59. The first-order valence-corrected chi connectivity index (χ1v) is 10.2. The van der Waals surface area contributed by atoms with Crippen molar-refractivity contribution in [3.63, 3.8) is 0 Å². The van der Waals surface area contributed by atoms with Crippen molar-refractivity contribution in [3.05, 3.63) is 11.6 Å². The first-order valence-electron chi connectivity index (χ1n) is 10.2. The maximum atomic E-state index is 11.9. The van der Waals surface area contributed by atoms with Crippen LogP contribution in [-0.4, -0.2) is 17.5 Å². The Hall–Kier alpha value is -0.630.